The minimum absolute atomic E-state index is 0.262. The van der Waals surface area contributed by atoms with Gasteiger partial charge < -0.3 is 16.0 Å². The van der Waals surface area contributed by atoms with Gasteiger partial charge in [0.05, 0.1) is 0 Å². The molecule has 3 heteroatoms. The Morgan fingerprint density at radius 3 is 2.53 bits per heavy atom. The highest BCUT2D eigenvalue weighted by Gasteiger charge is 2.11. The van der Waals surface area contributed by atoms with Crippen molar-refractivity contribution in [3.63, 3.8) is 0 Å². The lowest BCUT2D eigenvalue weighted by Crippen LogP contribution is -2.28. The number of hydrogen-bond acceptors (Lipinski definition) is 3. The van der Waals surface area contributed by atoms with Crippen LogP contribution in [0, 0.1) is 0 Å². The highest BCUT2D eigenvalue weighted by Crippen LogP contribution is 2.21. The van der Waals surface area contributed by atoms with Crippen LogP contribution in [0.25, 0.3) is 0 Å². The lowest BCUT2D eigenvalue weighted by molar-refractivity contribution is 0.596. The molecule has 0 radical (unpaired) electrons. The largest absolute Gasteiger partial charge is 0.383 e. The molecular weight excluding hydrogens is 234 g/mol. The number of nitrogens with one attached hydrogen (secondary N) is 1. The Labute approximate surface area is 117 Å². The van der Waals surface area contributed by atoms with Gasteiger partial charge in [-0.05, 0) is 43.5 Å². The number of benzene rings is 1. The maximum absolute atomic E-state index is 6.07. The average Bonchev–Trinajstić information content (AvgIpc) is 2.97. The van der Waals surface area contributed by atoms with E-state index in [9.17, 15) is 0 Å². The van der Waals surface area contributed by atoms with Crippen molar-refractivity contribution in [1.29, 1.82) is 0 Å². The first-order chi connectivity index (χ1) is 9.29. The van der Waals surface area contributed by atoms with Crippen molar-refractivity contribution in [1.82, 2.24) is 0 Å². The molecule has 1 heterocycles. The maximum Gasteiger partial charge on any atom is 0.0367 e. The fourth-order valence-electron chi connectivity index (χ4n) is 2.58. The van der Waals surface area contributed by atoms with Crippen molar-refractivity contribution in [2.75, 3.05) is 29.9 Å². The van der Waals surface area contributed by atoms with Crippen molar-refractivity contribution in [2.24, 2.45) is 5.73 Å². The summed E-state index contributed by atoms with van der Waals surface area (Å²) in [5, 5.41) is 3.43. The van der Waals surface area contributed by atoms with Gasteiger partial charge in [0.2, 0.25) is 0 Å². The molecule has 2 rings (SSSR count). The Bertz CT molecular complexity index is 355. The summed E-state index contributed by atoms with van der Waals surface area (Å²) in [6, 6.07) is 9.02. The van der Waals surface area contributed by atoms with Crippen LogP contribution in [0.5, 0.6) is 0 Å². The summed E-state index contributed by atoms with van der Waals surface area (Å²) in [4.78, 5) is 2.46. The molecule has 1 fully saturated rings. The molecule has 0 bridgehead atoms. The fraction of sp³-hybridized carbons (Fsp3) is 0.625. The molecule has 3 N–H and O–H groups in total. The topological polar surface area (TPSA) is 41.3 Å². The third-order valence-electron chi connectivity index (χ3n) is 3.84. The number of nitrogens with zero attached hydrogens (tertiary/aromatic N) is 1. The van der Waals surface area contributed by atoms with Crippen LogP contribution < -0.4 is 16.0 Å². The van der Waals surface area contributed by atoms with Crippen molar-refractivity contribution in [3.05, 3.63) is 24.3 Å². The van der Waals surface area contributed by atoms with Gasteiger partial charge in [0.15, 0.2) is 0 Å². The van der Waals surface area contributed by atoms with E-state index >= 15 is 0 Å². The average molecular weight is 261 g/mol. The highest BCUT2D eigenvalue weighted by molar-refractivity contribution is 5.55. The standard InChI is InChI=1S/C16H27N3/c1-2-3-6-14(17)13-18-15-7-9-16(10-8-15)19-11-4-5-12-19/h7-10,14,18H,2-6,11-13,17H2,1H3. The molecule has 1 unspecified atom stereocenters. The summed E-state index contributed by atoms with van der Waals surface area (Å²) in [5.74, 6) is 0. The molecule has 0 spiro atoms. The summed E-state index contributed by atoms with van der Waals surface area (Å²) >= 11 is 0. The van der Waals surface area contributed by atoms with Crippen LogP contribution in [-0.2, 0) is 0 Å². The van der Waals surface area contributed by atoms with E-state index in [1.807, 2.05) is 0 Å². The highest BCUT2D eigenvalue weighted by atomic mass is 15.1. The predicted molar refractivity (Wildman–Crippen MR) is 83.9 cm³/mol. The molecule has 1 aliphatic rings. The maximum atomic E-state index is 6.07. The van der Waals surface area contributed by atoms with E-state index < -0.39 is 0 Å². The SMILES string of the molecule is CCCCC(N)CNc1ccc(N2CCCC2)cc1. The van der Waals surface area contributed by atoms with Gasteiger partial charge in [0.1, 0.15) is 0 Å². The Balaban J connectivity index is 1.78. The van der Waals surface area contributed by atoms with Gasteiger partial charge in [-0.15, -0.1) is 0 Å². The predicted octanol–water partition coefficient (Wildman–Crippen LogP) is 3.22. The minimum atomic E-state index is 0.262. The molecule has 3 nitrogen and oxygen atoms in total. The second kappa shape index (κ2) is 7.39. The normalized spacial score (nSPS) is 16.6. The lowest BCUT2D eigenvalue weighted by atomic mass is 10.1. The Hall–Kier alpha value is -1.22. The summed E-state index contributed by atoms with van der Waals surface area (Å²) in [5.41, 5.74) is 8.59. The van der Waals surface area contributed by atoms with Gasteiger partial charge in [0, 0.05) is 37.1 Å². The number of unbranched alkanes of at least 4 members (excludes halogenated alkanes) is 1. The Kier molecular flexibility index (Phi) is 5.52. The van der Waals surface area contributed by atoms with Gasteiger partial charge >= 0.3 is 0 Å². The van der Waals surface area contributed by atoms with E-state index in [1.54, 1.807) is 0 Å². The Morgan fingerprint density at radius 2 is 1.89 bits per heavy atom. The van der Waals surface area contributed by atoms with Gasteiger partial charge in [-0.1, -0.05) is 19.8 Å². The molecule has 0 aromatic heterocycles. The van der Waals surface area contributed by atoms with Crippen molar-refractivity contribution >= 4 is 11.4 Å². The molecule has 1 saturated heterocycles. The van der Waals surface area contributed by atoms with Crippen LogP contribution in [0.2, 0.25) is 0 Å². The summed E-state index contributed by atoms with van der Waals surface area (Å²) < 4.78 is 0. The number of anilines is 2. The molecule has 0 saturated carbocycles. The smallest absolute Gasteiger partial charge is 0.0367 e. The zero-order chi connectivity index (χ0) is 13.5. The fourth-order valence-corrected chi connectivity index (χ4v) is 2.58. The molecule has 106 valence electrons. The van der Waals surface area contributed by atoms with Crippen LogP contribution in [-0.4, -0.2) is 25.7 Å². The zero-order valence-corrected chi connectivity index (χ0v) is 12.1. The van der Waals surface area contributed by atoms with E-state index in [0.29, 0.717) is 0 Å². The van der Waals surface area contributed by atoms with Gasteiger partial charge in [0.25, 0.3) is 0 Å². The van der Waals surface area contributed by atoms with Gasteiger partial charge in [-0.25, -0.2) is 0 Å². The number of rotatable bonds is 7. The van der Waals surface area contributed by atoms with Crippen LogP contribution in [0.15, 0.2) is 24.3 Å². The van der Waals surface area contributed by atoms with Gasteiger partial charge in [-0.2, -0.15) is 0 Å². The molecule has 1 aromatic carbocycles. The molecule has 1 aliphatic heterocycles. The monoisotopic (exact) mass is 261 g/mol. The van der Waals surface area contributed by atoms with Crippen molar-refractivity contribution < 1.29 is 0 Å². The molecule has 0 amide bonds. The number of hydrogen-bond donors (Lipinski definition) is 2. The van der Waals surface area contributed by atoms with Crippen LogP contribution in [0.4, 0.5) is 11.4 Å². The second-order valence-electron chi connectivity index (χ2n) is 5.52. The Morgan fingerprint density at radius 1 is 1.21 bits per heavy atom. The van der Waals surface area contributed by atoms with E-state index in [-0.39, 0.29) is 6.04 Å². The van der Waals surface area contributed by atoms with Crippen molar-refractivity contribution in [2.45, 2.75) is 45.1 Å². The van der Waals surface area contributed by atoms with Crippen LogP contribution in [0.3, 0.4) is 0 Å². The third kappa shape index (κ3) is 4.43. The summed E-state index contributed by atoms with van der Waals surface area (Å²) in [7, 11) is 0. The lowest BCUT2D eigenvalue weighted by Gasteiger charge is -2.18. The second-order valence-corrected chi connectivity index (χ2v) is 5.52. The van der Waals surface area contributed by atoms with Crippen LogP contribution in [0.1, 0.15) is 39.0 Å². The first-order valence-corrected chi connectivity index (χ1v) is 7.64. The molecule has 19 heavy (non-hydrogen) atoms. The van der Waals surface area contributed by atoms with E-state index in [2.05, 4.69) is 41.4 Å². The number of nitrogens with two attached hydrogens (primary N) is 1. The quantitative estimate of drug-likeness (QED) is 0.792. The molecular formula is C16H27N3. The molecule has 0 aliphatic carbocycles. The first kappa shape index (κ1) is 14.2. The summed E-state index contributed by atoms with van der Waals surface area (Å²) in [6.07, 6.45) is 6.20. The van der Waals surface area contributed by atoms with E-state index in [4.69, 9.17) is 5.73 Å². The minimum Gasteiger partial charge on any atom is -0.383 e. The molecule has 1 aromatic rings. The summed E-state index contributed by atoms with van der Waals surface area (Å²) in [6.45, 7) is 5.48. The van der Waals surface area contributed by atoms with E-state index in [1.165, 1.54) is 50.1 Å². The third-order valence-corrected chi connectivity index (χ3v) is 3.84. The van der Waals surface area contributed by atoms with Crippen molar-refractivity contribution in [3.8, 4) is 0 Å². The zero-order valence-electron chi connectivity index (χ0n) is 12.1. The van der Waals surface area contributed by atoms with Crippen LogP contribution >= 0.6 is 0 Å². The first-order valence-electron chi connectivity index (χ1n) is 7.64. The van der Waals surface area contributed by atoms with Gasteiger partial charge in [-0.3, -0.25) is 0 Å². The van der Waals surface area contributed by atoms with E-state index in [0.717, 1.165) is 13.0 Å². The molecule has 1 atom stereocenters.